The molecular formula is C15H21N3O2. The third-order valence-corrected chi connectivity index (χ3v) is 3.61. The van der Waals surface area contributed by atoms with E-state index in [1.165, 1.54) is 0 Å². The van der Waals surface area contributed by atoms with Crippen molar-refractivity contribution >= 4 is 17.4 Å². The summed E-state index contributed by atoms with van der Waals surface area (Å²) in [5.41, 5.74) is 1.86. The molecule has 1 aliphatic carbocycles. The Labute approximate surface area is 119 Å². The molecule has 20 heavy (non-hydrogen) atoms. The highest BCUT2D eigenvalue weighted by Gasteiger charge is 2.23. The van der Waals surface area contributed by atoms with Crippen molar-refractivity contribution in [3.63, 3.8) is 0 Å². The molecule has 1 aliphatic heterocycles. The highest BCUT2D eigenvalue weighted by atomic mass is 16.5. The number of amides is 2. The zero-order valence-electron chi connectivity index (χ0n) is 11.5. The van der Waals surface area contributed by atoms with Crippen LogP contribution in [0.5, 0.6) is 0 Å². The van der Waals surface area contributed by atoms with Crippen LogP contribution in [-0.4, -0.2) is 31.3 Å². The number of carbonyl (C=O) groups is 1. The Hall–Kier alpha value is -1.75. The van der Waals surface area contributed by atoms with Gasteiger partial charge in [-0.2, -0.15) is 0 Å². The molecule has 1 aromatic carbocycles. The number of benzene rings is 1. The third-order valence-electron chi connectivity index (χ3n) is 3.61. The van der Waals surface area contributed by atoms with Crippen LogP contribution in [0.3, 0.4) is 0 Å². The number of nitrogens with one attached hydrogen (secondary N) is 3. The number of urea groups is 1. The Balaban J connectivity index is 1.44. The molecule has 3 N–H and O–H groups in total. The van der Waals surface area contributed by atoms with E-state index in [0.717, 1.165) is 50.2 Å². The van der Waals surface area contributed by atoms with Gasteiger partial charge in [-0.25, -0.2) is 4.79 Å². The van der Waals surface area contributed by atoms with Gasteiger partial charge in [0, 0.05) is 30.6 Å². The first kappa shape index (κ1) is 13.2. The SMILES string of the molecule is O=C(Nc1ccc(NCC2CCCO2)cc1)NC1CC1. The quantitative estimate of drug-likeness (QED) is 0.774. The molecule has 2 fully saturated rings. The van der Waals surface area contributed by atoms with Crippen molar-refractivity contribution in [1.29, 1.82) is 0 Å². The fourth-order valence-electron chi connectivity index (χ4n) is 2.29. The summed E-state index contributed by atoms with van der Waals surface area (Å²) in [6.45, 7) is 1.72. The van der Waals surface area contributed by atoms with E-state index < -0.39 is 0 Å². The number of rotatable bonds is 5. The Kier molecular flexibility index (Phi) is 4.06. The highest BCUT2D eigenvalue weighted by Crippen LogP contribution is 2.19. The van der Waals surface area contributed by atoms with Crippen molar-refractivity contribution in [2.75, 3.05) is 23.8 Å². The van der Waals surface area contributed by atoms with Gasteiger partial charge < -0.3 is 20.7 Å². The van der Waals surface area contributed by atoms with Gasteiger partial charge in [0.2, 0.25) is 0 Å². The smallest absolute Gasteiger partial charge is 0.319 e. The maximum atomic E-state index is 11.6. The molecule has 0 spiro atoms. The molecule has 1 saturated heterocycles. The zero-order chi connectivity index (χ0) is 13.8. The van der Waals surface area contributed by atoms with Crippen molar-refractivity contribution in [3.05, 3.63) is 24.3 Å². The second-order valence-corrected chi connectivity index (χ2v) is 5.47. The fourth-order valence-corrected chi connectivity index (χ4v) is 2.29. The van der Waals surface area contributed by atoms with Crippen LogP contribution in [0.15, 0.2) is 24.3 Å². The van der Waals surface area contributed by atoms with Crippen molar-refractivity contribution in [2.45, 2.75) is 37.8 Å². The summed E-state index contributed by atoms with van der Waals surface area (Å²) in [4.78, 5) is 11.6. The lowest BCUT2D eigenvalue weighted by molar-refractivity contribution is 0.120. The van der Waals surface area contributed by atoms with E-state index >= 15 is 0 Å². The second-order valence-electron chi connectivity index (χ2n) is 5.47. The maximum Gasteiger partial charge on any atom is 0.319 e. The first-order valence-corrected chi connectivity index (χ1v) is 7.33. The van der Waals surface area contributed by atoms with Crippen LogP contribution in [0.4, 0.5) is 16.2 Å². The average molecular weight is 275 g/mol. The van der Waals surface area contributed by atoms with E-state index in [9.17, 15) is 4.79 Å². The Bertz CT molecular complexity index is 451. The second kappa shape index (κ2) is 6.13. The summed E-state index contributed by atoms with van der Waals surface area (Å²) in [5, 5.41) is 9.09. The van der Waals surface area contributed by atoms with Crippen LogP contribution in [-0.2, 0) is 4.74 Å². The van der Waals surface area contributed by atoms with E-state index in [1.807, 2.05) is 24.3 Å². The predicted molar refractivity (Wildman–Crippen MR) is 79.1 cm³/mol. The molecule has 0 radical (unpaired) electrons. The lowest BCUT2D eigenvalue weighted by Gasteiger charge is -2.12. The molecule has 1 aromatic rings. The van der Waals surface area contributed by atoms with Gasteiger partial charge in [0.05, 0.1) is 6.10 Å². The summed E-state index contributed by atoms with van der Waals surface area (Å²) in [6.07, 6.45) is 4.82. The predicted octanol–water partition coefficient (Wildman–Crippen LogP) is 2.56. The van der Waals surface area contributed by atoms with Gasteiger partial charge in [-0.1, -0.05) is 0 Å². The molecule has 5 nitrogen and oxygen atoms in total. The van der Waals surface area contributed by atoms with Gasteiger partial charge in [0.25, 0.3) is 0 Å². The Morgan fingerprint density at radius 2 is 1.90 bits per heavy atom. The topological polar surface area (TPSA) is 62.4 Å². The first-order valence-electron chi connectivity index (χ1n) is 7.33. The molecule has 2 amide bonds. The van der Waals surface area contributed by atoms with Gasteiger partial charge in [-0.05, 0) is 49.9 Å². The van der Waals surface area contributed by atoms with Crippen LogP contribution < -0.4 is 16.0 Å². The van der Waals surface area contributed by atoms with Crippen molar-refractivity contribution in [1.82, 2.24) is 5.32 Å². The summed E-state index contributed by atoms with van der Waals surface area (Å²) >= 11 is 0. The highest BCUT2D eigenvalue weighted by molar-refractivity contribution is 5.89. The van der Waals surface area contributed by atoms with Crippen molar-refractivity contribution < 1.29 is 9.53 Å². The van der Waals surface area contributed by atoms with Crippen molar-refractivity contribution in [2.24, 2.45) is 0 Å². The Morgan fingerprint density at radius 1 is 1.15 bits per heavy atom. The number of anilines is 2. The van der Waals surface area contributed by atoms with Crippen LogP contribution >= 0.6 is 0 Å². The molecule has 0 aromatic heterocycles. The number of hydrogen-bond donors (Lipinski definition) is 3. The molecule has 1 unspecified atom stereocenters. The van der Waals surface area contributed by atoms with Crippen LogP contribution in [0.1, 0.15) is 25.7 Å². The van der Waals surface area contributed by atoms with Gasteiger partial charge in [-0.15, -0.1) is 0 Å². The van der Waals surface area contributed by atoms with Gasteiger partial charge in [0.15, 0.2) is 0 Å². The fraction of sp³-hybridized carbons (Fsp3) is 0.533. The van der Waals surface area contributed by atoms with Crippen LogP contribution in [0.25, 0.3) is 0 Å². The standard InChI is InChI=1S/C15H21N3O2/c19-15(18-13-7-8-13)17-12-5-3-11(4-6-12)16-10-14-2-1-9-20-14/h3-6,13-14,16H,1-2,7-10H2,(H2,17,18,19). The molecule has 2 aliphatic rings. The molecule has 0 bridgehead atoms. The summed E-state index contributed by atoms with van der Waals surface area (Å²) in [5.74, 6) is 0. The zero-order valence-corrected chi connectivity index (χ0v) is 11.5. The lowest BCUT2D eigenvalue weighted by Crippen LogP contribution is -2.30. The molecule has 1 atom stereocenters. The van der Waals surface area contributed by atoms with Crippen LogP contribution in [0.2, 0.25) is 0 Å². The maximum absolute atomic E-state index is 11.6. The van der Waals surface area contributed by atoms with E-state index in [4.69, 9.17) is 4.74 Å². The minimum atomic E-state index is -0.118. The van der Waals surface area contributed by atoms with Gasteiger partial charge in [-0.3, -0.25) is 0 Å². The minimum Gasteiger partial charge on any atom is -0.382 e. The monoisotopic (exact) mass is 275 g/mol. The van der Waals surface area contributed by atoms with Gasteiger partial charge >= 0.3 is 6.03 Å². The van der Waals surface area contributed by atoms with Crippen molar-refractivity contribution in [3.8, 4) is 0 Å². The molecule has 5 heteroatoms. The normalized spacial score (nSPS) is 21.5. The number of carbonyl (C=O) groups excluding carboxylic acids is 1. The number of ether oxygens (including phenoxy) is 1. The lowest BCUT2D eigenvalue weighted by atomic mass is 10.2. The van der Waals surface area contributed by atoms with Crippen LogP contribution in [0, 0.1) is 0 Å². The van der Waals surface area contributed by atoms with E-state index in [0.29, 0.717) is 12.1 Å². The molecule has 1 saturated carbocycles. The third kappa shape index (κ3) is 3.87. The van der Waals surface area contributed by atoms with E-state index in [1.54, 1.807) is 0 Å². The number of hydrogen-bond acceptors (Lipinski definition) is 3. The molecule has 108 valence electrons. The largest absolute Gasteiger partial charge is 0.382 e. The summed E-state index contributed by atoms with van der Waals surface area (Å²) in [6, 6.07) is 8.02. The van der Waals surface area contributed by atoms with E-state index in [2.05, 4.69) is 16.0 Å². The molecule has 1 heterocycles. The average Bonchev–Trinajstić information content (AvgIpc) is 3.10. The minimum absolute atomic E-state index is 0.118. The summed E-state index contributed by atoms with van der Waals surface area (Å²) in [7, 11) is 0. The van der Waals surface area contributed by atoms with E-state index in [-0.39, 0.29) is 6.03 Å². The molecule has 3 rings (SSSR count). The first-order chi connectivity index (χ1) is 9.79. The van der Waals surface area contributed by atoms with Gasteiger partial charge in [0.1, 0.15) is 0 Å². The summed E-state index contributed by atoms with van der Waals surface area (Å²) < 4.78 is 5.57. The molecular weight excluding hydrogens is 254 g/mol. The Morgan fingerprint density at radius 3 is 2.55 bits per heavy atom.